The van der Waals surface area contributed by atoms with Gasteiger partial charge in [0.1, 0.15) is 11.6 Å². The topological polar surface area (TPSA) is 45.2 Å². The van der Waals surface area contributed by atoms with E-state index >= 15 is 0 Å². The summed E-state index contributed by atoms with van der Waals surface area (Å²) in [4.78, 5) is 20.4. The summed E-state index contributed by atoms with van der Waals surface area (Å²) < 4.78 is 0. The maximum atomic E-state index is 4.99. The average Bonchev–Trinajstić information content (AvgIpc) is 2.70. The van der Waals surface area contributed by atoms with E-state index in [2.05, 4.69) is 53.8 Å². The van der Waals surface area contributed by atoms with Gasteiger partial charge in [0.05, 0.1) is 0 Å². The number of anilines is 1. The molecule has 0 spiro atoms. The molecule has 170 valence electrons. The van der Waals surface area contributed by atoms with Gasteiger partial charge in [0.15, 0.2) is 0 Å². The van der Waals surface area contributed by atoms with Gasteiger partial charge in [0.25, 0.3) is 0 Å². The lowest BCUT2D eigenvalue weighted by Gasteiger charge is -2.36. The first-order valence-electron chi connectivity index (χ1n) is 11.4. The Bertz CT molecular complexity index is 814. The van der Waals surface area contributed by atoms with Gasteiger partial charge in [-0.3, -0.25) is 9.88 Å². The predicted octanol–water partition coefficient (Wildman–Crippen LogP) is 5.16. The highest BCUT2D eigenvalue weighted by atomic mass is 35.5. The Labute approximate surface area is 197 Å². The Morgan fingerprint density at radius 2 is 1.74 bits per heavy atom. The smallest absolute Gasteiger partial charge is 0.136 e. The molecule has 1 aliphatic heterocycles. The Morgan fingerprint density at radius 1 is 1.03 bits per heavy atom. The van der Waals surface area contributed by atoms with Crippen molar-refractivity contribution in [3.8, 4) is 0 Å². The molecule has 0 N–H and O–H groups in total. The van der Waals surface area contributed by atoms with Gasteiger partial charge in [0.2, 0.25) is 0 Å². The van der Waals surface area contributed by atoms with Crippen LogP contribution >= 0.6 is 24.2 Å². The molecule has 1 saturated carbocycles. The molecule has 0 unspecified atom stereocenters. The highest BCUT2D eigenvalue weighted by Crippen LogP contribution is 2.37. The van der Waals surface area contributed by atoms with Crippen LogP contribution in [-0.2, 0) is 5.41 Å². The summed E-state index contributed by atoms with van der Waals surface area (Å²) in [5.41, 5.74) is 1.26. The predicted molar refractivity (Wildman–Crippen MR) is 133 cm³/mol. The minimum absolute atomic E-state index is 0. The minimum Gasteiger partial charge on any atom is -0.354 e. The number of hydrogen-bond acceptors (Lipinski definition) is 6. The summed E-state index contributed by atoms with van der Waals surface area (Å²) in [6, 6.07) is 6.46. The van der Waals surface area contributed by atoms with Crippen molar-refractivity contribution in [1.29, 1.82) is 0 Å². The van der Waals surface area contributed by atoms with Crippen LogP contribution in [-0.4, -0.2) is 58.3 Å². The van der Waals surface area contributed by atoms with Gasteiger partial charge < -0.3 is 4.90 Å². The van der Waals surface area contributed by atoms with Crippen LogP contribution in [0.1, 0.15) is 63.9 Å². The lowest BCUT2D eigenvalue weighted by Crippen LogP contribution is -2.47. The second-order valence-corrected chi connectivity index (χ2v) is 10.7. The van der Waals surface area contributed by atoms with E-state index in [1.54, 1.807) is 0 Å². The first-order valence-corrected chi connectivity index (χ1v) is 12.4. The molecule has 1 aliphatic carbocycles. The highest BCUT2D eigenvalue weighted by Gasteiger charge is 2.27. The highest BCUT2D eigenvalue weighted by molar-refractivity contribution is 7.99. The van der Waals surface area contributed by atoms with E-state index in [1.165, 1.54) is 42.8 Å². The van der Waals surface area contributed by atoms with Gasteiger partial charge in [-0.1, -0.05) is 27.2 Å². The van der Waals surface area contributed by atoms with Crippen LogP contribution in [0.15, 0.2) is 35.5 Å². The van der Waals surface area contributed by atoms with Crippen LogP contribution < -0.4 is 4.90 Å². The van der Waals surface area contributed by atoms with Crippen LogP contribution in [0.25, 0.3) is 0 Å². The zero-order valence-corrected chi connectivity index (χ0v) is 20.7. The molecule has 7 heteroatoms. The van der Waals surface area contributed by atoms with Crippen LogP contribution in [0.4, 0.5) is 5.82 Å². The lowest BCUT2D eigenvalue weighted by molar-refractivity contribution is 0.258. The fourth-order valence-electron chi connectivity index (χ4n) is 3.98. The third-order valence-corrected chi connectivity index (χ3v) is 7.26. The zero-order chi connectivity index (χ0) is 21.0. The fraction of sp³-hybridized carbons (Fsp3) is 0.625. The largest absolute Gasteiger partial charge is 0.354 e. The number of nitrogens with zero attached hydrogens (tertiary/aromatic N) is 5. The lowest BCUT2D eigenvalue weighted by atomic mass is 9.82. The summed E-state index contributed by atoms with van der Waals surface area (Å²) in [7, 11) is 0. The van der Waals surface area contributed by atoms with E-state index in [9.17, 15) is 0 Å². The fourth-order valence-corrected chi connectivity index (χ4v) is 4.80. The maximum Gasteiger partial charge on any atom is 0.136 e. The SMILES string of the molecule is CC(C)(C)c1nc(C2CCC2)cc(N2CCN(CCCSc3ccncc3)CC2)n1.Cl. The number of aromatic nitrogens is 3. The molecule has 5 nitrogen and oxygen atoms in total. The molecule has 2 fully saturated rings. The Hall–Kier alpha value is -1.37. The van der Waals surface area contributed by atoms with Crippen LogP contribution in [0, 0.1) is 0 Å². The van der Waals surface area contributed by atoms with E-state index < -0.39 is 0 Å². The summed E-state index contributed by atoms with van der Waals surface area (Å²) in [5, 5.41) is 0. The molecule has 0 aromatic carbocycles. The van der Waals surface area contributed by atoms with E-state index in [0.717, 1.165) is 43.6 Å². The zero-order valence-electron chi connectivity index (χ0n) is 19.1. The van der Waals surface area contributed by atoms with E-state index in [4.69, 9.17) is 9.97 Å². The molecule has 0 bridgehead atoms. The van der Waals surface area contributed by atoms with Gasteiger partial charge >= 0.3 is 0 Å². The van der Waals surface area contributed by atoms with E-state index in [-0.39, 0.29) is 17.8 Å². The second-order valence-electron chi connectivity index (χ2n) is 9.57. The molecule has 4 rings (SSSR count). The molecule has 2 aromatic heterocycles. The molecule has 2 aliphatic rings. The van der Waals surface area contributed by atoms with Crippen LogP contribution in [0.5, 0.6) is 0 Å². The third-order valence-electron chi connectivity index (χ3n) is 6.16. The van der Waals surface area contributed by atoms with Crippen molar-refractivity contribution in [2.24, 2.45) is 0 Å². The van der Waals surface area contributed by atoms with Crippen molar-refractivity contribution >= 4 is 30.0 Å². The van der Waals surface area contributed by atoms with Crippen molar-refractivity contribution in [2.45, 2.75) is 62.7 Å². The number of rotatable bonds is 7. The number of pyridine rings is 1. The quantitative estimate of drug-likeness (QED) is 0.419. The number of thioether (sulfide) groups is 1. The van der Waals surface area contributed by atoms with E-state index in [1.807, 2.05) is 24.2 Å². The molecule has 3 heterocycles. The molecule has 31 heavy (non-hydrogen) atoms. The minimum atomic E-state index is -0.0111. The molecule has 0 atom stereocenters. The van der Waals surface area contributed by atoms with Crippen molar-refractivity contribution in [3.63, 3.8) is 0 Å². The molecule has 2 aromatic rings. The Kier molecular flexibility index (Phi) is 8.59. The molecular weight excluding hydrogens is 426 g/mol. The number of halogens is 1. The van der Waals surface area contributed by atoms with Crippen LogP contribution in [0.3, 0.4) is 0 Å². The summed E-state index contributed by atoms with van der Waals surface area (Å²) >= 11 is 1.93. The Balaban J connectivity index is 0.00000272. The summed E-state index contributed by atoms with van der Waals surface area (Å²) in [6.07, 6.45) is 8.87. The van der Waals surface area contributed by atoms with Crippen molar-refractivity contribution < 1.29 is 0 Å². The van der Waals surface area contributed by atoms with Gasteiger partial charge in [0, 0.05) is 66.6 Å². The molecular formula is C24H36ClN5S. The van der Waals surface area contributed by atoms with Gasteiger partial charge in [-0.05, 0) is 43.7 Å². The molecule has 0 amide bonds. The Morgan fingerprint density at radius 3 is 2.35 bits per heavy atom. The summed E-state index contributed by atoms with van der Waals surface area (Å²) in [6.45, 7) is 12.2. The van der Waals surface area contributed by atoms with Crippen LogP contribution in [0.2, 0.25) is 0 Å². The van der Waals surface area contributed by atoms with Crippen molar-refractivity contribution in [2.75, 3.05) is 43.4 Å². The standard InChI is InChI=1S/C24H35N5S.ClH/c1-24(2,3)23-26-21(19-6-4-7-19)18-22(27-23)29-15-13-28(14-16-29)12-5-17-30-20-8-10-25-11-9-20;/h8-11,18-19H,4-7,12-17H2,1-3H3;1H. The first-order chi connectivity index (χ1) is 14.5. The number of piperazine rings is 1. The van der Waals surface area contributed by atoms with Crippen molar-refractivity contribution in [3.05, 3.63) is 42.1 Å². The van der Waals surface area contributed by atoms with Crippen molar-refractivity contribution in [1.82, 2.24) is 19.9 Å². The maximum absolute atomic E-state index is 4.99. The monoisotopic (exact) mass is 461 g/mol. The van der Waals surface area contributed by atoms with Gasteiger partial charge in [-0.25, -0.2) is 9.97 Å². The third kappa shape index (κ3) is 6.56. The van der Waals surface area contributed by atoms with Gasteiger partial charge in [-0.2, -0.15) is 0 Å². The summed E-state index contributed by atoms with van der Waals surface area (Å²) in [5.74, 6) is 3.95. The van der Waals surface area contributed by atoms with Gasteiger partial charge in [-0.15, -0.1) is 24.2 Å². The first kappa shape index (κ1) is 24.3. The normalized spacial score (nSPS) is 17.8. The average molecular weight is 462 g/mol. The molecule has 1 saturated heterocycles. The van der Waals surface area contributed by atoms with E-state index in [0.29, 0.717) is 5.92 Å². The molecule has 0 radical (unpaired) electrons. The number of hydrogen-bond donors (Lipinski definition) is 0. The second kappa shape index (κ2) is 11.0.